The number of fused-ring (bicyclic) bond motifs is 1. The van der Waals surface area contributed by atoms with Gasteiger partial charge in [0.15, 0.2) is 12.7 Å². The zero-order valence-electron chi connectivity index (χ0n) is 19.6. The molecule has 9 heteroatoms. The fourth-order valence-corrected chi connectivity index (χ4v) is 7.77. The Morgan fingerprint density at radius 3 is 2.74 bits per heavy atom. The number of halogens is 2. The highest BCUT2D eigenvalue weighted by Gasteiger charge is 2.25. The van der Waals surface area contributed by atoms with Crippen LogP contribution in [-0.2, 0) is 19.5 Å². The number of anilines is 1. The molecule has 3 heterocycles. The summed E-state index contributed by atoms with van der Waals surface area (Å²) in [6.45, 7) is 5.73. The predicted octanol–water partition coefficient (Wildman–Crippen LogP) is 1.62. The molecule has 1 aliphatic heterocycles. The van der Waals surface area contributed by atoms with Gasteiger partial charge in [-0.2, -0.15) is 4.57 Å². The van der Waals surface area contributed by atoms with Crippen molar-refractivity contribution in [3.8, 4) is 0 Å². The Morgan fingerprint density at radius 2 is 1.97 bits per heavy atom. The normalized spacial score (nSPS) is 14.9. The molecule has 2 aromatic heterocycles. The van der Waals surface area contributed by atoms with Gasteiger partial charge in [-0.15, -0.1) is 11.3 Å². The molecule has 0 atom stereocenters. The van der Waals surface area contributed by atoms with Crippen LogP contribution in [0.1, 0.15) is 23.1 Å². The lowest BCUT2D eigenvalue weighted by Crippen LogP contribution is -3.00. The third-order valence-electron chi connectivity index (χ3n) is 6.06. The summed E-state index contributed by atoms with van der Waals surface area (Å²) in [6.07, 6.45) is 5.27. The average molecular weight is 563 g/mol. The van der Waals surface area contributed by atoms with E-state index in [9.17, 15) is 4.79 Å². The number of hydrogen-bond acceptors (Lipinski definition) is 5. The van der Waals surface area contributed by atoms with Crippen molar-refractivity contribution >= 4 is 62.8 Å². The first kappa shape index (κ1) is 26.0. The minimum absolute atomic E-state index is 0. The summed E-state index contributed by atoms with van der Waals surface area (Å²) in [4.78, 5) is 16.6. The Hall–Kier alpha value is -2.03. The highest BCUT2D eigenvalue weighted by molar-refractivity contribution is 8.08. The van der Waals surface area contributed by atoms with E-state index >= 15 is 0 Å². The van der Waals surface area contributed by atoms with Crippen molar-refractivity contribution in [2.24, 2.45) is 0 Å². The molecule has 4 aromatic rings. The molecule has 0 N–H and O–H groups in total. The van der Waals surface area contributed by atoms with Gasteiger partial charge in [0.05, 0.1) is 17.1 Å². The number of hydrogen-bond donors (Lipinski definition) is 0. The number of aromatic nitrogens is 2. The third-order valence-corrected chi connectivity index (χ3v) is 9.61. The second-order valence-electron chi connectivity index (χ2n) is 8.15. The lowest BCUT2D eigenvalue weighted by atomic mass is 10.1. The summed E-state index contributed by atoms with van der Waals surface area (Å²) in [5, 5.41) is 4.94. The molecule has 5 rings (SSSR count). The van der Waals surface area contributed by atoms with Gasteiger partial charge in [-0.05, 0) is 43.2 Å². The summed E-state index contributed by atoms with van der Waals surface area (Å²) in [5.74, 6) is 0. The molecule has 4 nitrogen and oxygen atoms in total. The largest absolute Gasteiger partial charge is 1.00 e. The van der Waals surface area contributed by atoms with Crippen LogP contribution >= 0.6 is 46.0 Å². The molecule has 0 bridgehead atoms. The lowest BCUT2D eigenvalue weighted by Gasteiger charge is -2.12. The van der Waals surface area contributed by atoms with Crippen LogP contribution in [0, 0.1) is 6.92 Å². The highest BCUT2D eigenvalue weighted by Crippen LogP contribution is 2.46. The molecule has 1 aliphatic rings. The Bertz CT molecular complexity index is 1550. The first-order chi connectivity index (χ1) is 16.5. The van der Waals surface area contributed by atoms with Crippen LogP contribution in [0.5, 0.6) is 0 Å². The second-order valence-corrected chi connectivity index (χ2v) is 11.6. The van der Waals surface area contributed by atoms with E-state index in [1.54, 1.807) is 34.4 Å². The van der Waals surface area contributed by atoms with Crippen LogP contribution in [0.2, 0.25) is 5.02 Å². The minimum Gasteiger partial charge on any atom is -1.00 e. The molecule has 182 valence electrons. The predicted molar refractivity (Wildman–Crippen MR) is 146 cm³/mol. The van der Waals surface area contributed by atoms with Crippen LogP contribution in [-0.4, -0.2) is 11.6 Å². The molecule has 0 amide bonds. The van der Waals surface area contributed by atoms with Gasteiger partial charge in [0.25, 0.3) is 10.6 Å². The van der Waals surface area contributed by atoms with Gasteiger partial charge in [0, 0.05) is 29.9 Å². The van der Waals surface area contributed by atoms with E-state index in [4.69, 9.17) is 11.6 Å². The first-order valence-corrected chi connectivity index (χ1v) is 14.0. The summed E-state index contributed by atoms with van der Waals surface area (Å²) in [7, 11) is 2.01. The molecule has 35 heavy (non-hydrogen) atoms. The van der Waals surface area contributed by atoms with E-state index in [1.807, 2.05) is 36.7 Å². The number of rotatable bonds is 5. The van der Waals surface area contributed by atoms with Gasteiger partial charge >= 0.3 is 0 Å². The maximum absolute atomic E-state index is 13.4. The Kier molecular flexibility index (Phi) is 8.13. The van der Waals surface area contributed by atoms with Crippen LogP contribution in [0.25, 0.3) is 11.1 Å². The monoisotopic (exact) mass is 561 g/mol. The first-order valence-electron chi connectivity index (χ1n) is 11.1. The molecule has 0 fully saturated rings. The van der Waals surface area contributed by atoms with Gasteiger partial charge in [-0.3, -0.25) is 9.36 Å². The lowest BCUT2D eigenvalue weighted by molar-refractivity contribution is -0.693. The molecule has 2 aromatic carbocycles. The van der Waals surface area contributed by atoms with Crippen molar-refractivity contribution in [2.75, 3.05) is 11.9 Å². The summed E-state index contributed by atoms with van der Waals surface area (Å²) < 4.78 is 5.91. The topological polar surface area (TPSA) is 29.1 Å². The maximum atomic E-state index is 13.4. The summed E-state index contributed by atoms with van der Waals surface area (Å²) >= 11 is 11.1. The van der Waals surface area contributed by atoms with Crippen LogP contribution < -0.4 is 36.6 Å². The van der Waals surface area contributed by atoms with Gasteiger partial charge in [-0.25, -0.2) is 0 Å². The fourth-order valence-electron chi connectivity index (χ4n) is 4.15. The smallest absolute Gasteiger partial charge is 0.271 e. The van der Waals surface area contributed by atoms with Crippen molar-refractivity contribution in [1.29, 1.82) is 0 Å². The molecule has 0 radical (unpaired) electrons. The van der Waals surface area contributed by atoms with Crippen LogP contribution in [0.3, 0.4) is 0 Å². The van der Waals surface area contributed by atoms with E-state index in [0.717, 1.165) is 42.8 Å². The molecular weight excluding hydrogens is 537 g/mol. The summed E-state index contributed by atoms with van der Waals surface area (Å²) in [5.41, 5.74) is 3.84. The minimum atomic E-state index is 0. The van der Waals surface area contributed by atoms with Crippen molar-refractivity contribution in [3.05, 3.63) is 94.7 Å². The van der Waals surface area contributed by atoms with Crippen LogP contribution in [0.15, 0.2) is 63.7 Å². The van der Waals surface area contributed by atoms with Gasteiger partial charge in [0.2, 0.25) is 0 Å². The van der Waals surface area contributed by atoms with Crippen molar-refractivity contribution in [1.82, 2.24) is 4.57 Å². The molecular formula is C26H25Cl2N3OS3. The van der Waals surface area contributed by atoms with E-state index in [-0.39, 0.29) is 18.0 Å². The van der Waals surface area contributed by atoms with Gasteiger partial charge < -0.3 is 17.3 Å². The number of thioether (sulfide) groups is 1. The number of thiazole rings is 2. The fraction of sp³-hybridized carbons (Fsp3) is 0.231. The van der Waals surface area contributed by atoms with Crippen molar-refractivity contribution in [3.63, 3.8) is 0 Å². The number of nitrogens with zero attached hydrogens (tertiary/aromatic N) is 3. The van der Waals surface area contributed by atoms with E-state index < -0.39 is 0 Å². The number of benzene rings is 2. The molecule has 0 unspecified atom stereocenters. The van der Waals surface area contributed by atoms with Crippen LogP contribution in [0.4, 0.5) is 5.69 Å². The molecule has 0 spiro atoms. The van der Waals surface area contributed by atoms with Crippen molar-refractivity contribution in [2.45, 2.75) is 38.3 Å². The molecule has 0 saturated carbocycles. The average Bonchev–Trinajstić information content (AvgIpc) is 3.49. The van der Waals surface area contributed by atoms with E-state index in [2.05, 4.69) is 58.3 Å². The SMILES string of the molecule is CCn1c(=O)/c(=C2\Sc3cc(Cl)ccc3N2C)s/c1=C\c1scc[n+]1CCc1ccccc1C.[Cl-]. The zero-order chi connectivity index (χ0) is 23.8. The second kappa shape index (κ2) is 10.9. The maximum Gasteiger partial charge on any atom is 0.271 e. The summed E-state index contributed by atoms with van der Waals surface area (Å²) in [6, 6.07) is 14.4. The van der Waals surface area contributed by atoms with Crippen molar-refractivity contribution < 1.29 is 17.0 Å². The van der Waals surface area contributed by atoms with Gasteiger partial charge in [0.1, 0.15) is 14.2 Å². The third kappa shape index (κ3) is 5.11. The Balaban J connectivity index is 0.00000289. The quantitative estimate of drug-likeness (QED) is 0.347. The van der Waals surface area contributed by atoms with Gasteiger partial charge in [-0.1, -0.05) is 59.0 Å². The Labute approximate surface area is 228 Å². The number of aryl methyl sites for hydroxylation is 3. The molecule has 0 aliphatic carbocycles. The van der Waals surface area contributed by atoms with E-state index in [1.165, 1.54) is 11.1 Å². The highest BCUT2D eigenvalue weighted by atomic mass is 35.5. The molecule has 0 saturated heterocycles. The standard InChI is InChI=1S/C26H25ClN3OS3.ClH/c1-4-30-23(16-22-29(13-14-32-22)12-11-18-8-6-5-7-17(18)2)34-24(25(30)31)26-28(3)20-10-9-19(27)15-21(20)33-26;/h5-10,13-16H,4,11-12H2,1-3H3;1H/q+1;/p-1/b26-24+;. The van der Waals surface area contributed by atoms with E-state index in [0.29, 0.717) is 11.6 Å². The zero-order valence-corrected chi connectivity index (χ0v) is 23.6. The Morgan fingerprint density at radius 1 is 1.17 bits per heavy atom.